The minimum atomic E-state index is -0.595. The molecule has 2 atom stereocenters. The van der Waals surface area contributed by atoms with E-state index in [1.54, 1.807) is 39.0 Å². The molecule has 2 amide bonds. The van der Waals surface area contributed by atoms with Crippen LogP contribution in [-0.4, -0.2) is 40.7 Å². The van der Waals surface area contributed by atoms with Gasteiger partial charge >= 0.3 is 6.09 Å². The lowest BCUT2D eigenvalue weighted by atomic mass is 9.88. The number of nitrogens with zero attached hydrogens (tertiary/aromatic N) is 1. The van der Waals surface area contributed by atoms with Gasteiger partial charge in [0.1, 0.15) is 11.4 Å². The third kappa shape index (κ3) is 3.69. The average molecular weight is 306 g/mol. The molecule has 0 radical (unpaired) electrons. The molecule has 120 valence electrons. The van der Waals surface area contributed by atoms with E-state index in [0.717, 1.165) is 5.56 Å². The Kier molecular flexibility index (Phi) is 4.30. The second-order valence-electron chi connectivity index (χ2n) is 6.60. The fourth-order valence-corrected chi connectivity index (χ4v) is 2.66. The minimum Gasteiger partial charge on any atom is -0.508 e. The Bertz CT molecular complexity index is 580. The van der Waals surface area contributed by atoms with E-state index in [-0.39, 0.29) is 18.2 Å². The molecule has 0 aromatic heterocycles. The zero-order valence-corrected chi connectivity index (χ0v) is 13.1. The highest BCUT2D eigenvalue weighted by atomic mass is 16.6. The van der Waals surface area contributed by atoms with Crippen molar-refractivity contribution in [1.82, 2.24) is 4.90 Å². The number of likely N-dealkylation sites (tertiary alicyclic amines) is 1. The van der Waals surface area contributed by atoms with E-state index < -0.39 is 23.5 Å². The van der Waals surface area contributed by atoms with Gasteiger partial charge in [-0.1, -0.05) is 12.1 Å². The molecule has 1 aromatic carbocycles. The maximum Gasteiger partial charge on any atom is 0.410 e. The van der Waals surface area contributed by atoms with Gasteiger partial charge in [-0.05, 0) is 38.5 Å². The first-order valence-corrected chi connectivity index (χ1v) is 7.23. The summed E-state index contributed by atoms with van der Waals surface area (Å²) in [5.74, 6) is -1.07. The highest BCUT2D eigenvalue weighted by molar-refractivity contribution is 5.80. The van der Waals surface area contributed by atoms with Crippen molar-refractivity contribution in [3.05, 3.63) is 29.8 Å². The molecule has 1 heterocycles. The van der Waals surface area contributed by atoms with Crippen LogP contribution in [0.2, 0.25) is 0 Å². The fourth-order valence-electron chi connectivity index (χ4n) is 2.66. The minimum absolute atomic E-state index is 0.122. The molecular weight excluding hydrogens is 284 g/mol. The Morgan fingerprint density at radius 2 is 2.00 bits per heavy atom. The van der Waals surface area contributed by atoms with Crippen molar-refractivity contribution in [2.75, 3.05) is 13.1 Å². The number of carbonyl (C=O) groups is 2. The highest BCUT2D eigenvalue weighted by Gasteiger charge is 2.40. The Balaban J connectivity index is 2.20. The molecule has 0 unspecified atom stereocenters. The first-order chi connectivity index (χ1) is 10.2. The molecule has 2 rings (SSSR count). The van der Waals surface area contributed by atoms with Gasteiger partial charge in [0.15, 0.2) is 0 Å². The van der Waals surface area contributed by atoms with E-state index in [4.69, 9.17) is 10.5 Å². The number of nitrogens with two attached hydrogens (primary N) is 1. The number of phenolic OH excluding ortho intramolecular Hbond substituents is 1. The molecule has 1 aliphatic heterocycles. The Labute approximate surface area is 129 Å². The second-order valence-corrected chi connectivity index (χ2v) is 6.60. The first kappa shape index (κ1) is 16.1. The monoisotopic (exact) mass is 306 g/mol. The van der Waals surface area contributed by atoms with E-state index in [1.807, 2.05) is 6.07 Å². The van der Waals surface area contributed by atoms with Crippen LogP contribution in [0.3, 0.4) is 0 Å². The molecule has 1 fully saturated rings. The normalized spacial score (nSPS) is 21.7. The molecule has 6 heteroatoms. The van der Waals surface area contributed by atoms with Gasteiger partial charge in [-0.25, -0.2) is 4.79 Å². The fraction of sp³-hybridized carbons (Fsp3) is 0.500. The number of primary amides is 1. The van der Waals surface area contributed by atoms with Crippen LogP contribution in [0.4, 0.5) is 4.79 Å². The van der Waals surface area contributed by atoms with Gasteiger partial charge < -0.3 is 20.5 Å². The van der Waals surface area contributed by atoms with E-state index in [9.17, 15) is 14.7 Å². The maximum atomic E-state index is 12.2. The number of hydrogen-bond acceptors (Lipinski definition) is 4. The van der Waals surface area contributed by atoms with Crippen LogP contribution in [0.15, 0.2) is 24.3 Å². The van der Waals surface area contributed by atoms with Crippen LogP contribution in [-0.2, 0) is 9.53 Å². The SMILES string of the molecule is CC(C)(C)OC(=O)N1C[C@@H](C(N)=O)[C@H](c2cccc(O)c2)C1. The number of amides is 2. The van der Waals surface area contributed by atoms with Gasteiger partial charge in [-0.2, -0.15) is 0 Å². The number of carbonyl (C=O) groups excluding carboxylic acids is 2. The van der Waals surface area contributed by atoms with Gasteiger partial charge in [-0.3, -0.25) is 4.79 Å². The van der Waals surface area contributed by atoms with E-state index in [0.29, 0.717) is 6.54 Å². The largest absolute Gasteiger partial charge is 0.508 e. The number of aromatic hydroxyl groups is 1. The quantitative estimate of drug-likeness (QED) is 0.871. The van der Waals surface area contributed by atoms with Crippen LogP contribution in [0.1, 0.15) is 32.3 Å². The van der Waals surface area contributed by atoms with Crippen molar-refractivity contribution in [2.24, 2.45) is 11.7 Å². The summed E-state index contributed by atoms with van der Waals surface area (Å²) in [5.41, 5.74) is 5.67. The third-order valence-electron chi connectivity index (χ3n) is 3.64. The summed E-state index contributed by atoms with van der Waals surface area (Å²) < 4.78 is 5.34. The summed E-state index contributed by atoms with van der Waals surface area (Å²) >= 11 is 0. The van der Waals surface area contributed by atoms with Crippen molar-refractivity contribution in [3.8, 4) is 5.75 Å². The van der Waals surface area contributed by atoms with E-state index >= 15 is 0 Å². The molecule has 3 N–H and O–H groups in total. The van der Waals surface area contributed by atoms with E-state index in [1.165, 1.54) is 4.90 Å². The number of phenols is 1. The zero-order chi connectivity index (χ0) is 16.5. The molecule has 1 saturated heterocycles. The van der Waals surface area contributed by atoms with E-state index in [2.05, 4.69) is 0 Å². The summed E-state index contributed by atoms with van der Waals surface area (Å²) in [6.07, 6.45) is -0.457. The van der Waals surface area contributed by atoms with Crippen molar-refractivity contribution in [3.63, 3.8) is 0 Å². The molecule has 0 spiro atoms. The zero-order valence-electron chi connectivity index (χ0n) is 13.1. The lowest BCUT2D eigenvalue weighted by molar-refractivity contribution is -0.121. The smallest absolute Gasteiger partial charge is 0.410 e. The van der Waals surface area contributed by atoms with Gasteiger partial charge in [0.25, 0.3) is 0 Å². The van der Waals surface area contributed by atoms with Crippen LogP contribution in [0, 0.1) is 5.92 Å². The molecule has 6 nitrogen and oxygen atoms in total. The predicted octanol–water partition coefficient (Wildman–Crippen LogP) is 1.83. The Hall–Kier alpha value is -2.24. The van der Waals surface area contributed by atoms with Crippen molar-refractivity contribution >= 4 is 12.0 Å². The Morgan fingerprint density at radius 3 is 2.55 bits per heavy atom. The van der Waals surface area contributed by atoms with Gasteiger partial charge in [0.2, 0.25) is 5.91 Å². The number of ether oxygens (including phenoxy) is 1. The molecular formula is C16H22N2O4. The molecule has 0 aliphatic carbocycles. The number of hydrogen-bond donors (Lipinski definition) is 2. The van der Waals surface area contributed by atoms with Crippen LogP contribution >= 0.6 is 0 Å². The number of rotatable bonds is 2. The lowest BCUT2D eigenvalue weighted by Gasteiger charge is -2.24. The summed E-state index contributed by atoms with van der Waals surface area (Å²) in [6.45, 7) is 5.94. The molecule has 22 heavy (non-hydrogen) atoms. The lowest BCUT2D eigenvalue weighted by Crippen LogP contribution is -2.36. The van der Waals surface area contributed by atoms with Gasteiger partial charge in [0.05, 0.1) is 5.92 Å². The first-order valence-electron chi connectivity index (χ1n) is 7.23. The highest BCUT2D eigenvalue weighted by Crippen LogP contribution is 2.34. The second kappa shape index (κ2) is 5.87. The van der Waals surface area contributed by atoms with Crippen LogP contribution < -0.4 is 5.73 Å². The van der Waals surface area contributed by atoms with Gasteiger partial charge in [0, 0.05) is 19.0 Å². The van der Waals surface area contributed by atoms with Crippen molar-refractivity contribution in [2.45, 2.75) is 32.3 Å². The number of benzene rings is 1. The molecule has 1 aromatic rings. The third-order valence-corrected chi connectivity index (χ3v) is 3.64. The van der Waals surface area contributed by atoms with Crippen molar-refractivity contribution in [1.29, 1.82) is 0 Å². The molecule has 0 saturated carbocycles. The summed E-state index contributed by atoms with van der Waals surface area (Å²) in [4.78, 5) is 25.4. The Morgan fingerprint density at radius 1 is 1.32 bits per heavy atom. The van der Waals surface area contributed by atoms with Crippen LogP contribution in [0.25, 0.3) is 0 Å². The van der Waals surface area contributed by atoms with Gasteiger partial charge in [-0.15, -0.1) is 0 Å². The van der Waals surface area contributed by atoms with Crippen LogP contribution in [0.5, 0.6) is 5.75 Å². The molecule has 1 aliphatic rings. The standard InChI is InChI=1S/C16H22N2O4/c1-16(2,3)22-15(21)18-8-12(13(9-18)14(17)20)10-5-4-6-11(19)7-10/h4-7,12-13,19H,8-9H2,1-3H3,(H2,17,20)/t12-,13+/m0/s1. The summed E-state index contributed by atoms with van der Waals surface area (Å²) in [5, 5.41) is 9.60. The summed E-state index contributed by atoms with van der Waals surface area (Å²) in [7, 11) is 0. The average Bonchev–Trinajstić information content (AvgIpc) is 2.82. The maximum absolute atomic E-state index is 12.2. The summed E-state index contributed by atoms with van der Waals surface area (Å²) in [6, 6.07) is 6.68. The predicted molar refractivity (Wildman–Crippen MR) is 81.3 cm³/mol. The molecule has 0 bridgehead atoms. The topological polar surface area (TPSA) is 92.9 Å². The van der Waals surface area contributed by atoms with Crippen molar-refractivity contribution < 1.29 is 19.4 Å².